The molecule has 0 unspecified atom stereocenters. The van der Waals surface area contributed by atoms with Gasteiger partial charge in [0.25, 0.3) is 0 Å². The fourth-order valence-corrected chi connectivity index (χ4v) is 2.59. The molecule has 0 saturated heterocycles. The van der Waals surface area contributed by atoms with Gasteiger partial charge in [0, 0.05) is 6.61 Å². The summed E-state index contributed by atoms with van der Waals surface area (Å²) in [5, 5.41) is 0. The average molecular weight is 345 g/mol. The second-order valence-electron chi connectivity index (χ2n) is 4.88. The number of sulfonamides is 1. The van der Waals surface area contributed by atoms with Crippen molar-refractivity contribution >= 4 is 16.0 Å². The molecule has 0 saturated carbocycles. The van der Waals surface area contributed by atoms with Crippen molar-refractivity contribution in [2.75, 3.05) is 26.4 Å². The minimum atomic E-state index is -3.77. The first-order chi connectivity index (χ1) is 10.8. The quantitative estimate of drug-likeness (QED) is 0.508. The lowest BCUT2D eigenvalue weighted by Gasteiger charge is -2.10. The first-order valence-electron chi connectivity index (χ1n) is 7.35. The summed E-state index contributed by atoms with van der Waals surface area (Å²) in [4.78, 5) is 11.4. The third-order valence-corrected chi connectivity index (χ3v) is 4.03. The van der Waals surface area contributed by atoms with Crippen LogP contribution in [0, 0.1) is 0 Å². The predicted octanol–water partition coefficient (Wildman–Crippen LogP) is 1.33. The maximum Gasteiger partial charge on any atom is 0.321 e. The number of hydrogen-bond acceptors (Lipinski definition) is 6. The van der Waals surface area contributed by atoms with Gasteiger partial charge in [0.15, 0.2) is 0 Å². The van der Waals surface area contributed by atoms with E-state index in [0.29, 0.717) is 25.6 Å². The molecule has 0 bridgehead atoms. The van der Waals surface area contributed by atoms with Crippen LogP contribution in [0.15, 0.2) is 29.2 Å². The molecular formula is C15H23NO6S. The molecule has 8 heteroatoms. The fourth-order valence-electron chi connectivity index (χ4n) is 1.62. The van der Waals surface area contributed by atoms with Gasteiger partial charge >= 0.3 is 5.97 Å². The first-order valence-corrected chi connectivity index (χ1v) is 8.83. The Balaban J connectivity index is 2.55. The lowest BCUT2D eigenvalue weighted by Crippen LogP contribution is -2.31. The Morgan fingerprint density at radius 1 is 1.17 bits per heavy atom. The smallest absolute Gasteiger partial charge is 0.321 e. The van der Waals surface area contributed by atoms with E-state index in [1.165, 1.54) is 12.1 Å². The fraction of sp³-hybridized carbons (Fsp3) is 0.533. The van der Waals surface area contributed by atoms with Crippen LogP contribution < -0.4 is 9.46 Å². The monoisotopic (exact) mass is 345 g/mol. The first kappa shape index (κ1) is 19.4. The molecule has 130 valence electrons. The average Bonchev–Trinajstić information content (AvgIpc) is 2.50. The summed E-state index contributed by atoms with van der Waals surface area (Å²) in [6.45, 7) is 6.34. The van der Waals surface area contributed by atoms with Crippen molar-refractivity contribution in [3.05, 3.63) is 24.3 Å². The Hall–Kier alpha value is -1.64. The topological polar surface area (TPSA) is 90.9 Å². The Morgan fingerprint density at radius 2 is 1.83 bits per heavy atom. The zero-order valence-corrected chi connectivity index (χ0v) is 14.4. The Bertz CT molecular complexity index is 582. The number of benzene rings is 1. The Kier molecular flexibility index (Phi) is 8.01. The van der Waals surface area contributed by atoms with Crippen LogP contribution in [0.25, 0.3) is 0 Å². The van der Waals surface area contributed by atoms with Gasteiger partial charge in [0.05, 0.1) is 17.6 Å². The van der Waals surface area contributed by atoms with Crippen LogP contribution in [0.1, 0.15) is 20.8 Å². The molecule has 0 fully saturated rings. The highest BCUT2D eigenvalue weighted by Gasteiger charge is 2.16. The van der Waals surface area contributed by atoms with Crippen LogP contribution in [0.2, 0.25) is 0 Å². The highest BCUT2D eigenvalue weighted by atomic mass is 32.2. The zero-order chi connectivity index (χ0) is 17.3. The molecule has 0 aliphatic carbocycles. The van der Waals surface area contributed by atoms with Crippen LogP contribution in [-0.4, -0.2) is 46.9 Å². The van der Waals surface area contributed by atoms with Crippen LogP contribution >= 0.6 is 0 Å². The van der Waals surface area contributed by atoms with Crippen molar-refractivity contribution in [2.24, 2.45) is 0 Å². The van der Waals surface area contributed by atoms with E-state index in [4.69, 9.17) is 14.2 Å². The third-order valence-electron chi connectivity index (χ3n) is 2.61. The van der Waals surface area contributed by atoms with Gasteiger partial charge in [-0.2, -0.15) is 4.72 Å². The molecule has 23 heavy (non-hydrogen) atoms. The maximum atomic E-state index is 12.1. The minimum Gasteiger partial charge on any atom is -0.491 e. The molecule has 0 radical (unpaired) electrons. The van der Waals surface area contributed by atoms with Gasteiger partial charge in [-0.15, -0.1) is 0 Å². The van der Waals surface area contributed by atoms with E-state index in [-0.39, 0.29) is 11.0 Å². The molecule has 0 spiro atoms. The Labute approximate surface area is 137 Å². The van der Waals surface area contributed by atoms with E-state index in [9.17, 15) is 13.2 Å². The second-order valence-corrected chi connectivity index (χ2v) is 6.65. The number of carbonyl (C=O) groups is 1. The largest absolute Gasteiger partial charge is 0.491 e. The predicted molar refractivity (Wildman–Crippen MR) is 84.8 cm³/mol. The van der Waals surface area contributed by atoms with Gasteiger partial charge in [0.2, 0.25) is 10.0 Å². The van der Waals surface area contributed by atoms with Crippen LogP contribution in [0.3, 0.4) is 0 Å². The lowest BCUT2D eigenvalue weighted by molar-refractivity contribution is -0.145. The van der Waals surface area contributed by atoms with Crippen molar-refractivity contribution in [2.45, 2.75) is 31.8 Å². The van der Waals surface area contributed by atoms with Crippen LogP contribution in [0.5, 0.6) is 5.75 Å². The molecule has 1 N–H and O–H groups in total. The standard InChI is InChI=1S/C15H23NO6S/c1-4-20-9-10-21-13-5-7-14(8-6-13)23(18,19)16-11-15(17)22-12(2)3/h5-8,12,16H,4,9-11H2,1-3H3. The van der Waals surface area contributed by atoms with Gasteiger partial charge in [-0.25, -0.2) is 8.42 Å². The van der Waals surface area contributed by atoms with Crippen molar-refractivity contribution in [3.63, 3.8) is 0 Å². The summed E-state index contributed by atoms with van der Waals surface area (Å²) >= 11 is 0. The van der Waals surface area contributed by atoms with Crippen molar-refractivity contribution in [1.82, 2.24) is 4.72 Å². The molecule has 1 aromatic carbocycles. The lowest BCUT2D eigenvalue weighted by atomic mass is 10.3. The normalized spacial score (nSPS) is 11.5. The van der Waals surface area contributed by atoms with Crippen LogP contribution in [0.4, 0.5) is 0 Å². The number of esters is 1. The number of carbonyl (C=O) groups excluding carboxylic acids is 1. The SMILES string of the molecule is CCOCCOc1ccc(S(=O)(=O)NCC(=O)OC(C)C)cc1. The third kappa shape index (κ3) is 7.45. The molecule has 7 nitrogen and oxygen atoms in total. The summed E-state index contributed by atoms with van der Waals surface area (Å²) in [5.74, 6) is -0.0812. The van der Waals surface area contributed by atoms with Crippen molar-refractivity contribution in [3.8, 4) is 5.75 Å². The van der Waals surface area contributed by atoms with E-state index in [2.05, 4.69) is 4.72 Å². The highest BCUT2D eigenvalue weighted by Crippen LogP contribution is 2.15. The van der Waals surface area contributed by atoms with Gasteiger partial charge in [-0.05, 0) is 45.0 Å². The molecule has 1 aromatic rings. The number of ether oxygens (including phenoxy) is 3. The summed E-state index contributed by atoms with van der Waals surface area (Å²) < 4.78 is 41.7. The molecular weight excluding hydrogens is 322 g/mol. The molecule has 0 aromatic heterocycles. The Morgan fingerprint density at radius 3 is 2.39 bits per heavy atom. The maximum absolute atomic E-state index is 12.1. The van der Waals surface area contributed by atoms with E-state index >= 15 is 0 Å². The summed E-state index contributed by atoms with van der Waals surface area (Å²) in [5.41, 5.74) is 0. The minimum absolute atomic E-state index is 0.0482. The summed E-state index contributed by atoms with van der Waals surface area (Å²) in [7, 11) is -3.77. The van der Waals surface area contributed by atoms with Crippen LogP contribution in [-0.2, 0) is 24.3 Å². The van der Waals surface area contributed by atoms with Crippen molar-refractivity contribution in [1.29, 1.82) is 0 Å². The molecule has 0 aliphatic rings. The molecule has 0 aliphatic heterocycles. The second kappa shape index (κ2) is 9.49. The van der Waals surface area contributed by atoms with Gasteiger partial charge in [-0.1, -0.05) is 0 Å². The van der Waals surface area contributed by atoms with E-state index < -0.39 is 22.5 Å². The molecule has 0 atom stereocenters. The van der Waals surface area contributed by atoms with Gasteiger partial charge in [0.1, 0.15) is 18.9 Å². The number of nitrogens with one attached hydrogen (secondary N) is 1. The van der Waals surface area contributed by atoms with Gasteiger partial charge < -0.3 is 14.2 Å². The molecule has 0 amide bonds. The molecule has 0 heterocycles. The van der Waals surface area contributed by atoms with E-state index in [0.717, 1.165) is 0 Å². The summed E-state index contributed by atoms with van der Waals surface area (Å²) in [6, 6.07) is 5.91. The van der Waals surface area contributed by atoms with Gasteiger partial charge in [-0.3, -0.25) is 4.79 Å². The van der Waals surface area contributed by atoms with E-state index in [1.807, 2.05) is 6.92 Å². The summed E-state index contributed by atoms with van der Waals surface area (Å²) in [6.07, 6.45) is -0.292. The van der Waals surface area contributed by atoms with Crippen molar-refractivity contribution < 1.29 is 27.4 Å². The molecule has 1 rings (SSSR count). The van der Waals surface area contributed by atoms with E-state index in [1.54, 1.807) is 26.0 Å². The number of rotatable bonds is 10. The zero-order valence-electron chi connectivity index (χ0n) is 13.6. The highest BCUT2D eigenvalue weighted by molar-refractivity contribution is 7.89. The number of hydrogen-bond donors (Lipinski definition) is 1.